The second-order valence-electron chi connectivity index (χ2n) is 6.56. The molecule has 27 heavy (non-hydrogen) atoms. The molecule has 4 rings (SSSR count). The van der Waals surface area contributed by atoms with Crippen molar-refractivity contribution in [2.24, 2.45) is 0 Å². The normalized spacial score (nSPS) is 18.0. The molecule has 1 N–H and O–H groups in total. The lowest BCUT2D eigenvalue weighted by atomic mass is 10.1. The second-order valence-corrected chi connectivity index (χ2v) is 7.55. The lowest BCUT2D eigenvalue weighted by Crippen LogP contribution is -2.21. The molecule has 1 saturated heterocycles. The summed E-state index contributed by atoms with van der Waals surface area (Å²) in [6, 6.07) is 14.0. The molecule has 2 atom stereocenters. The molecule has 142 valence electrons. The topological polar surface area (TPSA) is 82.3 Å². The van der Waals surface area contributed by atoms with E-state index < -0.39 is 6.10 Å². The largest absolute Gasteiger partial charge is 0.491 e. The van der Waals surface area contributed by atoms with Crippen molar-refractivity contribution in [3.8, 4) is 5.75 Å². The highest BCUT2D eigenvalue weighted by Crippen LogP contribution is 2.22. The zero-order valence-electron chi connectivity index (χ0n) is 14.9. The second kappa shape index (κ2) is 8.69. The Labute approximate surface area is 161 Å². The number of ether oxygens (including phenoxy) is 2. The Balaban J connectivity index is 1.27. The molecule has 0 spiro atoms. The maximum absolute atomic E-state index is 10.2. The molecule has 2 heterocycles. The van der Waals surface area contributed by atoms with Crippen molar-refractivity contribution in [1.82, 2.24) is 20.2 Å². The minimum atomic E-state index is -0.616. The Kier molecular flexibility index (Phi) is 5.86. The molecular formula is C19H22N4O3S. The van der Waals surface area contributed by atoms with Crippen molar-refractivity contribution in [3.05, 3.63) is 42.5 Å². The Morgan fingerprint density at radius 2 is 2.15 bits per heavy atom. The summed E-state index contributed by atoms with van der Waals surface area (Å²) in [6.07, 6.45) is 1.68. The number of aliphatic hydroxyl groups is 1. The van der Waals surface area contributed by atoms with E-state index in [4.69, 9.17) is 9.47 Å². The van der Waals surface area contributed by atoms with E-state index in [1.807, 2.05) is 36.4 Å². The summed E-state index contributed by atoms with van der Waals surface area (Å²) in [6.45, 7) is 1.68. The predicted molar refractivity (Wildman–Crippen MR) is 103 cm³/mol. The lowest BCUT2D eigenvalue weighted by molar-refractivity contribution is 0.0911. The fourth-order valence-corrected chi connectivity index (χ4v) is 3.86. The number of aromatic nitrogens is 4. The minimum absolute atomic E-state index is 0.175. The summed E-state index contributed by atoms with van der Waals surface area (Å²) in [4.78, 5) is 0. The summed E-state index contributed by atoms with van der Waals surface area (Å²) < 4.78 is 13.1. The molecule has 7 nitrogen and oxygen atoms in total. The molecule has 0 saturated carbocycles. The predicted octanol–water partition coefficient (Wildman–Crippen LogP) is 2.54. The fourth-order valence-electron chi connectivity index (χ4n) is 3.06. The van der Waals surface area contributed by atoms with E-state index in [0.29, 0.717) is 17.5 Å². The van der Waals surface area contributed by atoms with Crippen LogP contribution in [0, 0.1) is 0 Å². The van der Waals surface area contributed by atoms with E-state index in [1.54, 1.807) is 4.68 Å². The van der Waals surface area contributed by atoms with Crippen LogP contribution in [0.3, 0.4) is 0 Å². The van der Waals surface area contributed by atoms with Gasteiger partial charge < -0.3 is 14.6 Å². The highest BCUT2D eigenvalue weighted by molar-refractivity contribution is 7.99. The molecule has 1 aliphatic rings. The zero-order valence-corrected chi connectivity index (χ0v) is 15.7. The third kappa shape index (κ3) is 4.77. The summed E-state index contributed by atoms with van der Waals surface area (Å²) in [7, 11) is 0. The first-order chi connectivity index (χ1) is 13.3. The van der Waals surface area contributed by atoms with Crippen LogP contribution in [-0.2, 0) is 11.3 Å². The third-order valence-corrected chi connectivity index (χ3v) is 5.57. The van der Waals surface area contributed by atoms with E-state index in [-0.39, 0.29) is 12.7 Å². The number of rotatable bonds is 8. The van der Waals surface area contributed by atoms with Crippen LogP contribution in [0.5, 0.6) is 5.75 Å². The van der Waals surface area contributed by atoms with Gasteiger partial charge in [0.2, 0.25) is 5.16 Å². The molecule has 2 aromatic carbocycles. The van der Waals surface area contributed by atoms with E-state index in [2.05, 4.69) is 21.6 Å². The van der Waals surface area contributed by atoms with Gasteiger partial charge in [0, 0.05) is 12.4 Å². The number of fused-ring (bicyclic) bond motifs is 1. The Bertz CT molecular complexity index is 882. The van der Waals surface area contributed by atoms with Crippen molar-refractivity contribution in [2.75, 3.05) is 19.0 Å². The van der Waals surface area contributed by atoms with Crippen LogP contribution < -0.4 is 4.74 Å². The van der Waals surface area contributed by atoms with Gasteiger partial charge in [-0.1, -0.05) is 42.1 Å². The van der Waals surface area contributed by atoms with Crippen molar-refractivity contribution in [3.63, 3.8) is 0 Å². The van der Waals surface area contributed by atoms with E-state index >= 15 is 0 Å². The molecule has 0 bridgehead atoms. The Morgan fingerprint density at radius 3 is 3.00 bits per heavy atom. The van der Waals surface area contributed by atoms with Gasteiger partial charge in [-0.25, -0.2) is 4.68 Å². The van der Waals surface area contributed by atoms with E-state index in [1.165, 1.54) is 17.1 Å². The fraction of sp³-hybridized carbons (Fsp3) is 0.421. The van der Waals surface area contributed by atoms with Gasteiger partial charge in [0.05, 0.1) is 18.8 Å². The van der Waals surface area contributed by atoms with Crippen molar-refractivity contribution in [2.45, 2.75) is 36.8 Å². The van der Waals surface area contributed by atoms with E-state index in [9.17, 15) is 5.11 Å². The quantitative estimate of drug-likeness (QED) is 0.596. The molecule has 1 aromatic heterocycles. The molecule has 0 radical (unpaired) electrons. The van der Waals surface area contributed by atoms with Crippen LogP contribution >= 0.6 is 11.8 Å². The average Bonchev–Trinajstić information content (AvgIpc) is 3.37. The first-order valence-electron chi connectivity index (χ1n) is 9.08. The molecule has 0 aliphatic carbocycles. The van der Waals surface area contributed by atoms with Gasteiger partial charge in [0.15, 0.2) is 0 Å². The number of benzene rings is 2. The van der Waals surface area contributed by atoms with Crippen LogP contribution in [0.1, 0.15) is 12.8 Å². The number of nitrogens with zero attached hydrogens (tertiary/aromatic N) is 4. The van der Waals surface area contributed by atoms with Crippen LogP contribution in [0.4, 0.5) is 0 Å². The molecule has 8 heteroatoms. The van der Waals surface area contributed by atoms with Gasteiger partial charge in [-0.15, -0.1) is 5.10 Å². The summed E-state index contributed by atoms with van der Waals surface area (Å²) in [5.74, 6) is 1.21. The highest BCUT2D eigenvalue weighted by Gasteiger charge is 2.19. The number of hydrogen-bond acceptors (Lipinski definition) is 7. The van der Waals surface area contributed by atoms with E-state index in [0.717, 1.165) is 30.6 Å². The SMILES string of the molecule is O[C@@H](COc1ccc2ccccc2c1)CSc1nnnn1C[C@@H]1CCCO1. The Morgan fingerprint density at radius 1 is 1.26 bits per heavy atom. The zero-order chi connectivity index (χ0) is 18.5. The van der Waals surface area contributed by atoms with Gasteiger partial charge in [0.1, 0.15) is 12.4 Å². The molecule has 0 amide bonds. The van der Waals surface area contributed by atoms with Crippen LogP contribution in [-0.4, -0.2) is 56.5 Å². The molecule has 3 aromatic rings. The van der Waals surface area contributed by atoms with Crippen molar-refractivity contribution >= 4 is 22.5 Å². The highest BCUT2D eigenvalue weighted by atomic mass is 32.2. The number of aliphatic hydroxyl groups excluding tert-OH is 1. The van der Waals surface area contributed by atoms with Crippen molar-refractivity contribution in [1.29, 1.82) is 0 Å². The standard InChI is InChI=1S/C19H22N4O3S/c24-16(12-26-17-8-7-14-4-1-2-5-15(14)10-17)13-27-19-20-21-22-23(19)11-18-6-3-9-25-18/h1-2,4-5,7-8,10,16,18,24H,3,6,9,11-13H2/t16-,18-/m0/s1. The molecule has 0 unspecified atom stereocenters. The van der Waals surface area contributed by atoms with Gasteiger partial charge in [0.25, 0.3) is 0 Å². The Hall–Kier alpha value is -2.16. The smallest absolute Gasteiger partial charge is 0.209 e. The third-order valence-electron chi connectivity index (χ3n) is 4.47. The van der Waals surface area contributed by atoms with Crippen LogP contribution in [0.15, 0.2) is 47.6 Å². The van der Waals surface area contributed by atoms with Crippen LogP contribution in [0.25, 0.3) is 10.8 Å². The summed E-state index contributed by atoms with van der Waals surface area (Å²) in [5.41, 5.74) is 0. The van der Waals surface area contributed by atoms with Crippen LogP contribution in [0.2, 0.25) is 0 Å². The minimum Gasteiger partial charge on any atom is -0.491 e. The van der Waals surface area contributed by atoms with Crippen molar-refractivity contribution < 1.29 is 14.6 Å². The van der Waals surface area contributed by atoms with Gasteiger partial charge in [-0.05, 0) is 46.2 Å². The maximum atomic E-state index is 10.2. The number of thioether (sulfide) groups is 1. The molecule has 1 fully saturated rings. The number of tetrazole rings is 1. The lowest BCUT2D eigenvalue weighted by Gasteiger charge is -2.13. The maximum Gasteiger partial charge on any atom is 0.209 e. The number of hydrogen-bond donors (Lipinski definition) is 1. The van der Waals surface area contributed by atoms with Gasteiger partial charge >= 0.3 is 0 Å². The summed E-state index contributed by atoms with van der Waals surface area (Å²) in [5, 5.41) is 25.0. The first-order valence-corrected chi connectivity index (χ1v) is 10.1. The molecular weight excluding hydrogens is 364 g/mol. The summed E-state index contributed by atoms with van der Waals surface area (Å²) >= 11 is 1.42. The van der Waals surface area contributed by atoms with Gasteiger partial charge in [-0.3, -0.25) is 0 Å². The first kappa shape index (κ1) is 18.2. The monoisotopic (exact) mass is 386 g/mol. The van der Waals surface area contributed by atoms with Gasteiger partial charge in [-0.2, -0.15) is 0 Å². The molecule has 1 aliphatic heterocycles. The average molecular weight is 386 g/mol.